The third-order valence-corrected chi connectivity index (χ3v) is 3.25. The topological polar surface area (TPSA) is 28.2 Å². The van der Waals surface area contributed by atoms with Crippen molar-refractivity contribution in [3.63, 3.8) is 0 Å². The lowest BCUT2D eigenvalue weighted by atomic mass is 9.97. The van der Waals surface area contributed by atoms with Crippen LogP contribution in [0.15, 0.2) is 43.3 Å². The zero-order valence-electron chi connectivity index (χ0n) is 12.6. The Kier molecular flexibility index (Phi) is 4.08. The lowest BCUT2D eigenvalue weighted by Crippen LogP contribution is -2.02. The highest BCUT2D eigenvalue weighted by Crippen LogP contribution is 2.26. The average molecular weight is 267 g/mol. The summed E-state index contributed by atoms with van der Waals surface area (Å²) in [6.45, 7) is 6.04. The van der Waals surface area contributed by atoms with Gasteiger partial charge < -0.3 is 10.2 Å². The summed E-state index contributed by atoms with van der Waals surface area (Å²) < 4.78 is 0. The smallest absolute Gasteiger partial charge is 0.126 e. The Morgan fingerprint density at radius 1 is 1.25 bits per heavy atom. The zero-order chi connectivity index (χ0) is 14.7. The fourth-order valence-electron chi connectivity index (χ4n) is 2.27. The van der Waals surface area contributed by atoms with Gasteiger partial charge in [-0.05, 0) is 47.2 Å². The summed E-state index contributed by atoms with van der Waals surface area (Å²) in [6, 6.07) is 6.43. The van der Waals surface area contributed by atoms with Gasteiger partial charge in [-0.25, -0.2) is 4.98 Å². The molecule has 0 amide bonds. The first-order valence-corrected chi connectivity index (χ1v) is 6.64. The lowest BCUT2D eigenvalue weighted by Gasteiger charge is -2.13. The van der Waals surface area contributed by atoms with Gasteiger partial charge in [0.15, 0.2) is 0 Å². The number of allylic oxidation sites excluding steroid dienone is 2. The molecule has 0 aliphatic rings. The van der Waals surface area contributed by atoms with Crippen LogP contribution in [0.25, 0.3) is 16.3 Å². The van der Waals surface area contributed by atoms with Crippen molar-refractivity contribution in [1.29, 1.82) is 0 Å². The van der Waals surface area contributed by atoms with Gasteiger partial charge in [0.2, 0.25) is 0 Å². The van der Waals surface area contributed by atoms with Crippen LogP contribution in [0, 0.1) is 6.92 Å². The van der Waals surface area contributed by atoms with Gasteiger partial charge in [-0.2, -0.15) is 0 Å². The molecule has 1 aromatic carbocycles. The van der Waals surface area contributed by atoms with E-state index < -0.39 is 0 Å². The van der Waals surface area contributed by atoms with Crippen LogP contribution in [-0.2, 0) is 0 Å². The predicted molar refractivity (Wildman–Crippen MR) is 87.9 cm³/mol. The number of pyridine rings is 1. The number of anilines is 1. The molecule has 0 radical (unpaired) electrons. The van der Waals surface area contributed by atoms with Crippen molar-refractivity contribution in [3.8, 4) is 0 Å². The van der Waals surface area contributed by atoms with E-state index in [1.165, 1.54) is 16.5 Å². The highest BCUT2D eigenvalue weighted by Gasteiger charge is 2.06. The van der Waals surface area contributed by atoms with Gasteiger partial charge in [-0.3, -0.25) is 0 Å². The van der Waals surface area contributed by atoms with E-state index in [4.69, 9.17) is 0 Å². The highest BCUT2D eigenvalue weighted by atomic mass is 15.0. The average Bonchev–Trinajstić information content (AvgIpc) is 2.43. The van der Waals surface area contributed by atoms with E-state index in [9.17, 15) is 0 Å². The third kappa shape index (κ3) is 2.82. The molecule has 0 spiro atoms. The van der Waals surface area contributed by atoms with Crippen LogP contribution in [0.5, 0.6) is 0 Å². The predicted octanol–water partition coefficient (Wildman–Crippen LogP) is 3.67. The molecule has 0 aliphatic heterocycles. The molecule has 0 saturated carbocycles. The Hall–Kier alpha value is -2.29. The van der Waals surface area contributed by atoms with Gasteiger partial charge in [0, 0.05) is 38.9 Å². The minimum atomic E-state index is 0.879. The Morgan fingerprint density at radius 2 is 2.00 bits per heavy atom. The second-order valence-corrected chi connectivity index (χ2v) is 5.09. The summed E-state index contributed by atoms with van der Waals surface area (Å²) in [5.74, 6) is 0.879. The van der Waals surface area contributed by atoms with Crippen LogP contribution in [0.2, 0.25) is 0 Å². The summed E-state index contributed by atoms with van der Waals surface area (Å²) in [5.41, 5.74) is 3.55. The molecule has 3 heteroatoms. The molecule has 2 rings (SSSR count). The molecular formula is C17H21N3. The van der Waals surface area contributed by atoms with Crippen molar-refractivity contribution >= 4 is 22.2 Å². The molecule has 3 nitrogen and oxygen atoms in total. The summed E-state index contributed by atoms with van der Waals surface area (Å²) in [5, 5.41) is 5.40. The highest BCUT2D eigenvalue weighted by molar-refractivity contribution is 5.90. The second-order valence-electron chi connectivity index (χ2n) is 5.09. The maximum atomic E-state index is 4.36. The van der Waals surface area contributed by atoms with Crippen LogP contribution in [0.4, 0.5) is 5.82 Å². The van der Waals surface area contributed by atoms with Crippen LogP contribution < -0.4 is 5.32 Å². The van der Waals surface area contributed by atoms with Gasteiger partial charge in [0.25, 0.3) is 0 Å². The van der Waals surface area contributed by atoms with E-state index in [0.29, 0.717) is 0 Å². The number of aromatic nitrogens is 1. The van der Waals surface area contributed by atoms with Crippen LogP contribution >= 0.6 is 0 Å². The maximum absolute atomic E-state index is 4.36. The number of aryl methyl sites for hydroxylation is 1. The largest absolute Gasteiger partial charge is 0.383 e. The molecule has 0 bridgehead atoms. The SMILES string of the molecule is C=C/C(=C\N(C)C)c1cc2cc(NC)ncc2cc1C. The number of hydrogen-bond donors (Lipinski definition) is 1. The molecule has 2 aromatic rings. The molecule has 104 valence electrons. The second kappa shape index (κ2) is 5.78. The number of hydrogen-bond acceptors (Lipinski definition) is 3. The first kappa shape index (κ1) is 14.1. The lowest BCUT2D eigenvalue weighted by molar-refractivity contribution is 0.566. The molecular weight excluding hydrogens is 246 g/mol. The van der Waals surface area contributed by atoms with E-state index in [0.717, 1.165) is 16.8 Å². The molecule has 1 aromatic heterocycles. The standard InChI is InChI=1S/C17H21N3/c1-6-13(11-20(4)5)16-8-14-9-17(18-3)19-10-15(14)7-12(16)2/h6-11H,1H2,2-5H3,(H,18,19)/b13-11+. The van der Waals surface area contributed by atoms with E-state index >= 15 is 0 Å². The molecule has 1 N–H and O–H groups in total. The zero-order valence-corrected chi connectivity index (χ0v) is 12.6. The molecule has 0 atom stereocenters. The van der Waals surface area contributed by atoms with Crippen molar-refractivity contribution in [2.24, 2.45) is 0 Å². The Morgan fingerprint density at radius 3 is 2.60 bits per heavy atom. The summed E-state index contributed by atoms with van der Waals surface area (Å²) >= 11 is 0. The number of fused-ring (bicyclic) bond motifs is 1. The van der Waals surface area contributed by atoms with Gasteiger partial charge >= 0.3 is 0 Å². The van der Waals surface area contributed by atoms with Crippen LogP contribution in [-0.4, -0.2) is 31.0 Å². The Labute approximate surface area is 120 Å². The molecule has 1 heterocycles. The first-order chi connectivity index (χ1) is 9.55. The van der Waals surface area contributed by atoms with Gasteiger partial charge in [-0.15, -0.1) is 0 Å². The third-order valence-electron chi connectivity index (χ3n) is 3.25. The fraction of sp³-hybridized carbons (Fsp3) is 0.235. The molecule has 20 heavy (non-hydrogen) atoms. The normalized spacial score (nSPS) is 11.5. The van der Waals surface area contributed by atoms with Crippen molar-refractivity contribution in [2.45, 2.75) is 6.92 Å². The van der Waals surface area contributed by atoms with E-state index in [2.05, 4.69) is 48.2 Å². The summed E-state index contributed by atoms with van der Waals surface area (Å²) in [4.78, 5) is 6.39. The first-order valence-electron chi connectivity index (χ1n) is 6.64. The van der Waals surface area contributed by atoms with E-state index in [-0.39, 0.29) is 0 Å². The van der Waals surface area contributed by atoms with Crippen molar-refractivity contribution < 1.29 is 0 Å². The quantitative estimate of drug-likeness (QED) is 0.857. The fourth-order valence-corrected chi connectivity index (χ4v) is 2.27. The van der Waals surface area contributed by atoms with E-state index in [1.54, 1.807) is 0 Å². The van der Waals surface area contributed by atoms with Crippen molar-refractivity contribution in [3.05, 3.63) is 54.4 Å². The van der Waals surface area contributed by atoms with Gasteiger partial charge in [-0.1, -0.05) is 12.7 Å². The number of rotatable bonds is 4. The summed E-state index contributed by atoms with van der Waals surface area (Å²) in [6.07, 6.45) is 5.89. The van der Waals surface area contributed by atoms with Gasteiger partial charge in [0.1, 0.15) is 5.82 Å². The van der Waals surface area contributed by atoms with Gasteiger partial charge in [0.05, 0.1) is 0 Å². The molecule has 0 unspecified atom stereocenters. The summed E-state index contributed by atoms with van der Waals surface area (Å²) in [7, 11) is 5.91. The molecule has 0 saturated heterocycles. The minimum Gasteiger partial charge on any atom is -0.383 e. The number of nitrogens with one attached hydrogen (secondary N) is 1. The Balaban J connectivity index is 2.63. The molecule has 0 fully saturated rings. The molecule has 0 aliphatic carbocycles. The Bertz CT molecular complexity index is 669. The maximum Gasteiger partial charge on any atom is 0.126 e. The van der Waals surface area contributed by atoms with Crippen molar-refractivity contribution in [1.82, 2.24) is 9.88 Å². The monoisotopic (exact) mass is 267 g/mol. The number of benzene rings is 1. The van der Waals surface area contributed by atoms with Crippen LogP contribution in [0.1, 0.15) is 11.1 Å². The number of nitrogens with zero attached hydrogens (tertiary/aromatic N) is 2. The van der Waals surface area contributed by atoms with E-state index in [1.807, 2.05) is 38.3 Å². The minimum absolute atomic E-state index is 0.879. The van der Waals surface area contributed by atoms with Crippen LogP contribution in [0.3, 0.4) is 0 Å². The van der Waals surface area contributed by atoms with Crippen molar-refractivity contribution in [2.75, 3.05) is 26.5 Å².